The molecule has 0 aliphatic heterocycles. The second kappa shape index (κ2) is 3.88. The van der Waals surface area contributed by atoms with Gasteiger partial charge in [0.1, 0.15) is 0 Å². The van der Waals surface area contributed by atoms with E-state index < -0.39 is 0 Å². The van der Waals surface area contributed by atoms with E-state index in [-0.39, 0.29) is 6.10 Å². The molecule has 0 atom stereocenters. The summed E-state index contributed by atoms with van der Waals surface area (Å²) >= 11 is 2.32. The van der Waals surface area contributed by atoms with Crippen molar-refractivity contribution >= 4 is 22.9 Å². The van der Waals surface area contributed by atoms with E-state index in [9.17, 15) is 5.11 Å². The number of halogens is 1. The number of nitrogens with zero attached hydrogens (tertiary/aromatic N) is 1. The van der Waals surface area contributed by atoms with Gasteiger partial charge < -0.3 is 5.11 Å². The molecule has 0 heterocycles. The van der Waals surface area contributed by atoms with Gasteiger partial charge in [-0.1, -0.05) is 0 Å². The van der Waals surface area contributed by atoms with Crippen molar-refractivity contribution < 1.29 is 5.11 Å². The maximum absolute atomic E-state index is 9.19. The van der Waals surface area contributed by atoms with Gasteiger partial charge in [-0.3, -0.25) is 0 Å². The van der Waals surface area contributed by atoms with Gasteiger partial charge in [-0.15, -0.1) is 0 Å². The van der Waals surface area contributed by atoms with Crippen LogP contribution in [0.4, 0.5) is 0 Å². The molecule has 0 aromatic rings. The Bertz CT molecular complexity index is 99.8. The minimum absolute atomic E-state index is 0.0207. The van der Waals surface area contributed by atoms with E-state index >= 15 is 0 Å². The highest BCUT2D eigenvalue weighted by Crippen LogP contribution is 2.23. The van der Waals surface area contributed by atoms with E-state index in [0.29, 0.717) is 6.04 Å². The summed E-state index contributed by atoms with van der Waals surface area (Å²) in [5.74, 6) is 0. The maximum atomic E-state index is 9.19. The third-order valence-electron chi connectivity index (χ3n) is 2.17. The molecule has 0 spiro atoms. The van der Waals surface area contributed by atoms with Gasteiger partial charge in [0.2, 0.25) is 0 Å². The third kappa shape index (κ3) is 2.36. The van der Waals surface area contributed by atoms with E-state index in [1.54, 1.807) is 0 Å². The van der Waals surface area contributed by atoms with Crippen molar-refractivity contribution in [3.05, 3.63) is 0 Å². The highest BCUT2D eigenvalue weighted by atomic mass is 127. The molecule has 0 saturated heterocycles. The first-order valence-corrected chi connectivity index (χ1v) is 4.73. The van der Waals surface area contributed by atoms with Gasteiger partial charge in [0.15, 0.2) is 0 Å². The lowest BCUT2D eigenvalue weighted by Crippen LogP contribution is -2.30. The summed E-state index contributed by atoms with van der Waals surface area (Å²) in [5, 5.41) is 9.19. The van der Waals surface area contributed by atoms with Crippen LogP contribution in [0, 0.1) is 0 Å². The van der Waals surface area contributed by atoms with Gasteiger partial charge in [-0.2, -0.15) is 0 Å². The van der Waals surface area contributed by atoms with Crippen LogP contribution in [0.5, 0.6) is 0 Å². The summed E-state index contributed by atoms with van der Waals surface area (Å²) in [4.78, 5) is 0. The average molecular weight is 255 g/mol. The Morgan fingerprint density at radius 2 is 1.80 bits per heavy atom. The van der Waals surface area contributed by atoms with Crippen LogP contribution < -0.4 is 0 Å². The Hall–Kier alpha value is 0.650. The topological polar surface area (TPSA) is 23.5 Å². The second-order valence-electron chi connectivity index (χ2n) is 2.99. The van der Waals surface area contributed by atoms with Crippen LogP contribution in [0.25, 0.3) is 0 Å². The maximum Gasteiger partial charge on any atom is 0.0541 e. The molecular formula is C7H14INO. The van der Waals surface area contributed by atoms with Crippen LogP contribution in [-0.2, 0) is 0 Å². The minimum atomic E-state index is -0.0207. The standard InChI is InChI=1S/C7H14INO/c1-9(8)6-2-4-7(10)5-3-6/h6-7,10H,2-5H2,1H3. The van der Waals surface area contributed by atoms with Gasteiger partial charge in [-0.05, 0) is 32.7 Å². The predicted molar refractivity (Wildman–Crippen MR) is 50.0 cm³/mol. The van der Waals surface area contributed by atoms with Gasteiger partial charge in [0.05, 0.1) is 6.10 Å². The molecule has 10 heavy (non-hydrogen) atoms. The predicted octanol–water partition coefficient (Wildman–Crippen LogP) is 1.57. The molecule has 3 heteroatoms. The van der Waals surface area contributed by atoms with Crippen molar-refractivity contribution in [3.63, 3.8) is 0 Å². The Morgan fingerprint density at radius 3 is 2.20 bits per heavy atom. The SMILES string of the molecule is CN(I)C1CCC(O)CC1. The fraction of sp³-hybridized carbons (Fsp3) is 1.00. The molecule has 2 nitrogen and oxygen atoms in total. The molecule has 1 fully saturated rings. The first-order valence-electron chi connectivity index (χ1n) is 3.77. The molecular weight excluding hydrogens is 241 g/mol. The highest BCUT2D eigenvalue weighted by Gasteiger charge is 2.20. The second-order valence-corrected chi connectivity index (χ2v) is 4.51. The molecule has 1 saturated carbocycles. The van der Waals surface area contributed by atoms with Crippen LogP contribution in [0.15, 0.2) is 0 Å². The first-order chi connectivity index (χ1) is 4.70. The molecule has 0 aromatic carbocycles. The quantitative estimate of drug-likeness (QED) is 0.568. The molecule has 0 aromatic heterocycles. The monoisotopic (exact) mass is 255 g/mol. The number of rotatable bonds is 1. The van der Waals surface area contributed by atoms with Crippen molar-refractivity contribution in [1.29, 1.82) is 0 Å². The first kappa shape index (κ1) is 8.74. The summed E-state index contributed by atoms with van der Waals surface area (Å²) in [6, 6.07) is 0.698. The third-order valence-corrected chi connectivity index (χ3v) is 2.96. The number of aliphatic hydroxyl groups excluding tert-OH is 1. The Kier molecular flexibility index (Phi) is 3.39. The number of aliphatic hydroxyl groups is 1. The molecule has 60 valence electrons. The van der Waals surface area contributed by atoms with Crippen LogP contribution in [0.1, 0.15) is 25.7 Å². The van der Waals surface area contributed by atoms with Crippen LogP contribution in [0.2, 0.25) is 0 Å². The van der Waals surface area contributed by atoms with Gasteiger partial charge in [0.25, 0.3) is 0 Å². The molecule has 0 radical (unpaired) electrons. The highest BCUT2D eigenvalue weighted by molar-refractivity contribution is 14.1. The van der Waals surface area contributed by atoms with E-state index in [4.69, 9.17) is 0 Å². The van der Waals surface area contributed by atoms with Crippen molar-refractivity contribution in [1.82, 2.24) is 3.11 Å². The fourth-order valence-corrected chi connectivity index (χ4v) is 1.97. The van der Waals surface area contributed by atoms with Gasteiger partial charge in [0, 0.05) is 28.9 Å². The van der Waals surface area contributed by atoms with Crippen molar-refractivity contribution in [2.24, 2.45) is 0 Å². The van der Waals surface area contributed by atoms with Crippen molar-refractivity contribution in [3.8, 4) is 0 Å². The fourth-order valence-electron chi connectivity index (χ4n) is 1.41. The molecule has 1 aliphatic carbocycles. The lowest BCUT2D eigenvalue weighted by atomic mass is 9.93. The largest absolute Gasteiger partial charge is 0.393 e. The van der Waals surface area contributed by atoms with E-state index in [1.807, 2.05) is 0 Å². The molecule has 1 N–H and O–H groups in total. The zero-order valence-corrected chi connectivity index (χ0v) is 8.41. The molecule has 0 amide bonds. The van der Waals surface area contributed by atoms with E-state index in [1.165, 1.54) is 0 Å². The average Bonchev–Trinajstić information content (AvgIpc) is 1.88. The minimum Gasteiger partial charge on any atom is -0.393 e. The molecule has 1 rings (SSSR count). The van der Waals surface area contributed by atoms with Gasteiger partial charge in [-0.25, -0.2) is 3.11 Å². The Morgan fingerprint density at radius 1 is 1.30 bits per heavy atom. The lowest BCUT2D eigenvalue weighted by molar-refractivity contribution is 0.109. The number of hydrogen-bond acceptors (Lipinski definition) is 2. The van der Waals surface area contributed by atoms with Crippen LogP contribution in [0.3, 0.4) is 0 Å². The molecule has 0 bridgehead atoms. The molecule has 1 aliphatic rings. The summed E-state index contributed by atoms with van der Waals surface area (Å²) in [7, 11) is 2.10. The lowest BCUT2D eigenvalue weighted by Gasteiger charge is -2.28. The van der Waals surface area contributed by atoms with Crippen LogP contribution in [-0.4, -0.2) is 27.4 Å². The van der Waals surface area contributed by atoms with E-state index in [0.717, 1.165) is 25.7 Å². The smallest absolute Gasteiger partial charge is 0.0541 e. The van der Waals surface area contributed by atoms with E-state index in [2.05, 4.69) is 33.0 Å². The Balaban J connectivity index is 2.26. The summed E-state index contributed by atoms with van der Waals surface area (Å²) in [5.41, 5.74) is 0. The molecule has 0 unspecified atom stereocenters. The van der Waals surface area contributed by atoms with Crippen molar-refractivity contribution in [2.75, 3.05) is 7.05 Å². The summed E-state index contributed by atoms with van der Waals surface area (Å²) in [6.07, 6.45) is 4.25. The zero-order valence-electron chi connectivity index (χ0n) is 6.26. The van der Waals surface area contributed by atoms with Gasteiger partial charge >= 0.3 is 0 Å². The summed E-state index contributed by atoms with van der Waals surface area (Å²) < 4.78 is 2.23. The Labute approximate surface area is 76.1 Å². The zero-order chi connectivity index (χ0) is 7.56. The number of hydrogen-bond donors (Lipinski definition) is 1. The van der Waals surface area contributed by atoms with Crippen LogP contribution >= 0.6 is 22.9 Å². The van der Waals surface area contributed by atoms with Crippen molar-refractivity contribution in [2.45, 2.75) is 37.8 Å². The summed E-state index contributed by atoms with van der Waals surface area (Å²) in [6.45, 7) is 0. The normalized spacial score (nSPS) is 34.8.